The molecular weight excluding hydrogens is 423 g/mol. The van der Waals surface area contributed by atoms with Crippen molar-refractivity contribution in [1.29, 1.82) is 0 Å². The topological polar surface area (TPSA) is 83.8 Å². The molecule has 136 valence electrons. The van der Waals surface area contributed by atoms with Gasteiger partial charge in [-0.2, -0.15) is 5.10 Å². The van der Waals surface area contributed by atoms with Gasteiger partial charge in [0, 0.05) is 38.4 Å². The number of hydrogen-bond acceptors (Lipinski definition) is 4. The second-order valence-corrected chi connectivity index (χ2v) is 5.88. The number of hydrogen-bond donors (Lipinski definition) is 2. The predicted octanol–water partition coefficient (Wildman–Crippen LogP) is 0.511. The second kappa shape index (κ2) is 9.82. The molecule has 0 bridgehead atoms. The summed E-state index contributed by atoms with van der Waals surface area (Å²) in [5.41, 5.74) is 1.05. The van der Waals surface area contributed by atoms with Gasteiger partial charge < -0.3 is 20.3 Å². The minimum Gasteiger partial charge on any atom is -0.370 e. The van der Waals surface area contributed by atoms with E-state index in [2.05, 4.69) is 25.6 Å². The average Bonchev–Trinajstić information content (AvgIpc) is 2.94. The molecule has 1 atom stereocenters. The molecule has 2 heterocycles. The van der Waals surface area contributed by atoms with Crippen molar-refractivity contribution in [3.05, 3.63) is 18.0 Å². The van der Waals surface area contributed by atoms with Crippen LogP contribution < -0.4 is 10.6 Å². The predicted molar refractivity (Wildman–Crippen MR) is 104 cm³/mol. The van der Waals surface area contributed by atoms with Gasteiger partial charge in [-0.25, -0.2) is 0 Å². The van der Waals surface area contributed by atoms with Gasteiger partial charge in [-0.05, 0) is 13.8 Å². The number of guanidine groups is 1. The summed E-state index contributed by atoms with van der Waals surface area (Å²) in [5.74, 6) is 0.666. The molecule has 0 radical (unpaired) electrons. The third-order valence-electron chi connectivity index (χ3n) is 3.53. The number of carbonyl (C=O) groups is 1. The highest BCUT2D eigenvalue weighted by atomic mass is 127. The van der Waals surface area contributed by atoms with Crippen LogP contribution in [-0.2, 0) is 16.6 Å². The first kappa shape index (κ1) is 20.7. The largest absolute Gasteiger partial charge is 0.370 e. The molecule has 1 amide bonds. The molecule has 24 heavy (non-hydrogen) atoms. The van der Waals surface area contributed by atoms with E-state index in [1.165, 1.54) is 0 Å². The first-order valence-electron chi connectivity index (χ1n) is 7.84. The first-order chi connectivity index (χ1) is 11.0. The molecule has 1 aromatic rings. The molecule has 1 saturated heterocycles. The third-order valence-corrected chi connectivity index (χ3v) is 3.53. The summed E-state index contributed by atoms with van der Waals surface area (Å²) in [7, 11) is 3.61. The Kier molecular flexibility index (Phi) is 8.46. The van der Waals surface area contributed by atoms with Gasteiger partial charge in [0.2, 0.25) is 5.91 Å². The number of morpholine rings is 1. The maximum atomic E-state index is 11.8. The number of halogens is 1. The monoisotopic (exact) mass is 450 g/mol. The molecule has 1 aliphatic rings. The van der Waals surface area contributed by atoms with Gasteiger partial charge in [-0.15, -0.1) is 24.0 Å². The van der Waals surface area contributed by atoms with Crippen molar-refractivity contribution < 1.29 is 9.53 Å². The SMILES string of the molecule is CN=C(NCC(=O)NC(C)C)N1CCOC(c2cnn(C)c2)C1.I. The quantitative estimate of drug-likeness (QED) is 0.397. The van der Waals surface area contributed by atoms with Crippen LogP contribution in [-0.4, -0.2) is 65.9 Å². The molecule has 2 rings (SSSR count). The Balaban J connectivity index is 0.00000288. The maximum Gasteiger partial charge on any atom is 0.239 e. The molecular formula is C15H27IN6O2. The Labute approximate surface area is 160 Å². The van der Waals surface area contributed by atoms with Gasteiger partial charge in [-0.3, -0.25) is 14.5 Å². The van der Waals surface area contributed by atoms with Gasteiger partial charge in [0.1, 0.15) is 6.10 Å². The van der Waals surface area contributed by atoms with E-state index in [0.717, 1.165) is 12.1 Å². The van der Waals surface area contributed by atoms with E-state index < -0.39 is 0 Å². The highest BCUT2D eigenvalue weighted by molar-refractivity contribution is 14.0. The zero-order valence-electron chi connectivity index (χ0n) is 14.7. The van der Waals surface area contributed by atoms with Crippen LogP contribution in [0.25, 0.3) is 0 Å². The van der Waals surface area contributed by atoms with Crippen LogP contribution in [0, 0.1) is 0 Å². The standard InChI is InChI=1S/C15H26N6O2.HI/c1-11(2)19-14(22)8-17-15(16-3)21-5-6-23-13(10-21)12-7-18-20(4)9-12;/h7,9,11,13H,5-6,8,10H2,1-4H3,(H,16,17)(H,19,22);1H. The number of aryl methyl sites for hydroxylation is 1. The molecule has 2 N–H and O–H groups in total. The summed E-state index contributed by atoms with van der Waals surface area (Å²) >= 11 is 0. The van der Waals surface area contributed by atoms with Crippen molar-refractivity contribution in [2.24, 2.45) is 12.0 Å². The minimum absolute atomic E-state index is 0. The van der Waals surface area contributed by atoms with E-state index >= 15 is 0 Å². The summed E-state index contributed by atoms with van der Waals surface area (Å²) in [4.78, 5) is 18.1. The van der Waals surface area contributed by atoms with E-state index in [0.29, 0.717) is 19.1 Å². The lowest BCUT2D eigenvalue weighted by Gasteiger charge is -2.34. The summed E-state index contributed by atoms with van der Waals surface area (Å²) in [5, 5.41) is 10.1. The van der Waals surface area contributed by atoms with Crippen LogP contribution in [0.5, 0.6) is 0 Å². The highest BCUT2D eigenvalue weighted by Gasteiger charge is 2.25. The Hall–Kier alpha value is -1.36. The minimum atomic E-state index is -0.0433. The van der Waals surface area contributed by atoms with Gasteiger partial charge in [0.05, 0.1) is 25.9 Å². The molecule has 1 unspecified atom stereocenters. The molecule has 9 heteroatoms. The van der Waals surface area contributed by atoms with Crippen LogP contribution in [0.3, 0.4) is 0 Å². The molecule has 0 saturated carbocycles. The lowest BCUT2D eigenvalue weighted by molar-refractivity contribution is -0.120. The number of nitrogens with zero attached hydrogens (tertiary/aromatic N) is 4. The van der Waals surface area contributed by atoms with Gasteiger partial charge in [0.25, 0.3) is 0 Å². The van der Waals surface area contributed by atoms with Crippen molar-refractivity contribution >= 4 is 35.8 Å². The van der Waals surface area contributed by atoms with Crippen LogP contribution in [0.15, 0.2) is 17.4 Å². The van der Waals surface area contributed by atoms with Crippen molar-refractivity contribution in [1.82, 2.24) is 25.3 Å². The number of rotatable bonds is 4. The number of ether oxygens (including phenoxy) is 1. The maximum absolute atomic E-state index is 11.8. The summed E-state index contributed by atoms with van der Waals surface area (Å²) in [6, 6.07) is 0.129. The Morgan fingerprint density at radius 3 is 2.88 bits per heavy atom. The number of amides is 1. The Morgan fingerprint density at radius 2 is 2.29 bits per heavy atom. The molecule has 0 aromatic carbocycles. The highest BCUT2D eigenvalue weighted by Crippen LogP contribution is 2.21. The molecule has 0 spiro atoms. The lowest BCUT2D eigenvalue weighted by Crippen LogP contribution is -2.50. The van der Waals surface area contributed by atoms with E-state index in [4.69, 9.17) is 4.74 Å². The fraction of sp³-hybridized carbons (Fsp3) is 0.667. The van der Waals surface area contributed by atoms with Crippen molar-refractivity contribution in [2.75, 3.05) is 33.3 Å². The zero-order valence-corrected chi connectivity index (χ0v) is 17.0. The van der Waals surface area contributed by atoms with Gasteiger partial charge in [0.15, 0.2) is 5.96 Å². The van der Waals surface area contributed by atoms with E-state index in [1.807, 2.05) is 33.3 Å². The zero-order chi connectivity index (χ0) is 16.8. The van der Waals surface area contributed by atoms with Gasteiger partial charge >= 0.3 is 0 Å². The number of aromatic nitrogens is 2. The lowest BCUT2D eigenvalue weighted by atomic mass is 10.1. The Bertz CT molecular complexity index is 560. The van der Waals surface area contributed by atoms with Crippen LogP contribution in [0.2, 0.25) is 0 Å². The van der Waals surface area contributed by atoms with Crippen LogP contribution in [0.4, 0.5) is 0 Å². The first-order valence-corrected chi connectivity index (χ1v) is 7.84. The number of nitrogens with one attached hydrogen (secondary N) is 2. The molecule has 1 aliphatic heterocycles. The van der Waals surface area contributed by atoms with Crippen LogP contribution >= 0.6 is 24.0 Å². The van der Waals surface area contributed by atoms with Crippen molar-refractivity contribution in [3.63, 3.8) is 0 Å². The Morgan fingerprint density at radius 1 is 1.54 bits per heavy atom. The molecule has 1 aromatic heterocycles. The molecule has 0 aliphatic carbocycles. The summed E-state index contributed by atoms with van der Waals surface area (Å²) < 4.78 is 7.59. The van der Waals surface area contributed by atoms with Crippen LogP contribution in [0.1, 0.15) is 25.5 Å². The fourth-order valence-electron chi connectivity index (χ4n) is 2.51. The summed E-state index contributed by atoms with van der Waals surface area (Å²) in [6.45, 7) is 6.11. The number of aliphatic imine (C=N–C) groups is 1. The molecule has 8 nitrogen and oxygen atoms in total. The fourth-order valence-corrected chi connectivity index (χ4v) is 2.51. The van der Waals surface area contributed by atoms with Crippen molar-refractivity contribution in [3.8, 4) is 0 Å². The smallest absolute Gasteiger partial charge is 0.239 e. The van der Waals surface area contributed by atoms with Gasteiger partial charge in [-0.1, -0.05) is 0 Å². The average molecular weight is 450 g/mol. The second-order valence-electron chi connectivity index (χ2n) is 5.88. The van der Waals surface area contributed by atoms with Crippen molar-refractivity contribution in [2.45, 2.75) is 26.0 Å². The van der Waals surface area contributed by atoms with E-state index in [1.54, 1.807) is 11.7 Å². The summed E-state index contributed by atoms with van der Waals surface area (Å²) in [6.07, 6.45) is 3.74. The van der Waals surface area contributed by atoms with E-state index in [-0.39, 0.29) is 48.6 Å². The van der Waals surface area contributed by atoms with E-state index in [9.17, 15) is 4.79 Å². The molecule has 1 fully saturated rings. The number of carbonyl (C=O) groups excluding carboxylic acids is 1. The third kappa shape index (κ3) is 5.93. The normalized spacial score (nSPS) is 18.3.